The van der Waals surface area contributed by atoms with Crippen LogP contribution in [0.25, 0.3) is 0 Å². The van der Waals surface area contributed by atoms with Crippen molar-refractivity contribution in [2.75, 3.05) is 19.7 Å². The Morgan fingerprint density at radius 3 is 2.41 bits per heavy atom. The Hall–Kier alpha value is -2.17. The van der Waals surface area contributed by atoms with E-state index in [1.165, 1.54) is 23.2 Å². The van der Waals surface area contributed by atoms with Crippen LogP contribution in [0.2, 0.25) is 0 Å². The highest BCUT2D eigenvalue weighted by Crippen LogP contribution is 2.50. The Labute approximate surface area is 163 Å². The molecular formula is C18H21F5N2O4. The highest BCUT2D eigenvalue weighted by atomic mass is 19.4. The second kappa shape index (κ2) is 8.29. The van der Waals surface area contributed by atoms with Gasteiger partial charge in [0.2, 0.25) is 6.10 Å². The molecule has 2 aliphatic rings. The molecule has 2 fully saturated rings. The number of aliphatic hydroxyl groups excluding tert-OH is 1. The second-order valence-electron chi connectivity index (χ2n) is 7.45. The van der Waals surface area contributed by atoms with Crippen molar-refractivity contribution in [2.24, 2.45) is 5.41 Å². The lowest BCUT2D eigenvalue weighted by molar-refractivity contribution is -0.215. The lowest BCUT2D eigenvalue weighted by Crippen LogP contribution is -2.52. The van der Waals surface area contributed by atoms with Gasteiger partial charge in [0.15, 0.2) is 0 Å². The summed E-state index contributed by atoms with van der Waals surface area (Å²) in [7, 11) is 0. The first-order valence-electron chi connectivity index (χ1n) is 9.16. The number of carbonyl (C=O) groups excluding carboxylic acids is 1. The van der Waals surface area contributed by atoms with Gasteiger partial charge in [-0.2, -0.15) is 13.2 Å². The molecule has 2 heterocycles. The number of halogens is 5. The fourth-order valence-electron chi connectivity index (χ4n) is 3.75. The maximum absolute atomic E-state index is 12.6. The van der Waals surface area contributed by atoms with E-state index >= 15 is 0 Å². The maximum atomic E-state index is 12.6. The average molecular weight is 424 g/mol. The maximum Gasteiger partial charge on any atom is 0.427 e. The molecule has 0 bridgehead atoms. The third-order valence-corrected chi connectivity index (χ3v) is 5.46. The standard InChI is InChI=1S/C18H21F5N2O4/c19-15(20)13-2-1-11(9-24-13)28-12-7-17(8-12)3-5-25(6-4-17)16(27)29-14(10-26)18(21,22)23/h1-2,9,12,14-15,26H,3-8,10H2/t14-/m1/s1. The number of likely N-dealkylation sites (tertiary alicyclic amines) is 1. The van der Waals surface area contributed by atoms with E-state index in [-0.39, 0.29) is 30.3 Å². The molecule has 1 aliphatic heterocycles. The van der Waals surface area contributed by atoms with Crippen LogP contribution in [-0.2, 0) is 4.74 Å². The molecule has 1 N–H and O–H groups in total. The number of hydrogen-bond acceptors (Lipinski definition) is 5. The third-order valence-electron chi connectivity index (χ3n) is 5.46. The number of nitrogens with zero attached hydrogens (tertiary/aromatic N) is 2. The van der Waals surface area contributed by atoms with Gasteiger partial charge >= 0.3 is 12.3 Å². The van der Waals surface area contributed by atoms with Gasteiger partial charge in [0.1, 0.15) is 11.4 Å². The Morgan fingerprint density at radius 2 is 1.93 bits per heavy atom. The van der Waals surface area contributed by atoms with E-state index in [4.69, 9.17) is 9.84 Å². The molecule has 1 aromatic rings. The first-order chi connectivity index (χ1) is 13.6. The molecule has 11 heteroatoms. The number of aromatic nitrogens is 1. The lowest BCUT2D eigenvalue weighted by atomic mass is 9.61. The van der Waals surface area contributed by atoms with Crippen LogP contribution in [0.1, 0.15) is 37.8 Å². The highest BCUT2D eigenvalue weighted by Gasteiger charge is 2.49. The molecule has 3 rings (SSSR count). The Bertz CT molecular complexity index is 697. The molecule has 1 aliphatic carbocycles. The molecule has 1 atom stereocenters. The zero-order chi connectivity index (χ0) is 21.2. The van der Waals surface area contributed by atoms with Crippen molar-refractivity contribution in [1.29, 1.82) is 0 Å². The monoisotopic (exact) mass is 424 g/mol. The predicted octanol–water partition coefficient (Wildman–Crippen LogP) is 3.70. The smallest absolute Gasteiger partial charge is 0.427 e. The number of carbonyl (C=O) groups is 1. The largest absolute Gasteiger partial charge is 0.489 e. The van der Waals surface area contributed by atoms with Crippen LogP contribution >= 0.6 is 0 Å². The molecule has 6 nitrogen and oxygen atoms in total. The van der Waals surface area contributed by atoms with Crippen molar-refractivity contribution in [3.8, 4) is 5.75 Å². The van der Waals surface area contributed by atoms with E-state index in [9.17, 15) is 26.7 Å². The average Bonchev–Trinajstić information content (AvgIpc) is 2.64. The summed E-state index contributed by atoms with van der Waals surface area (Å²) in [5.74, 6) is 0.400. The zero-order valence-electron chi connectivity index (χ0n) is 15.4. The Morgan fingerprint density at radius 1 is 1.28 bits per heavy atom. The third kappa shape index (κ3) is 5.06. The fraction of sp³-hybridized carbons (Fsp3) is 0.667. The summed E-state index contributed by atoms with van der Waals surface area (Å²) in [5, 5.41) is 8.76. The Kier molecular flexibility index (Phi) is 6.16. The van der Waals surface area contributed by atoms with Crippen molar-refractivity contribution in [2.45, 2.75) is 50.5 Å². The quantitative estimate of drug-likeness (QED) is 0.730. The van der Waals surface area contributed by atoms with Gasteiger partial charge in [-0.25, -0.2) is 13.6 Å². The predicted molar refractivity (Wildman–Crippen MR) is 89.5 cm³/mol. The van der Waals surface area contributed by atoms with Gasteiger partial charge in [-0.15, -0.1) is 0 Å². The molecule has 29 heavy (non-hydrogen) atoms. The first-order valence-corrected chi connectivity index (χ1v) is 9.16. The summed E-state index contributed by atoms with van der Waals surface area (Å²) in [6.07, 6.45) is -7.33. The van der Waals surface area contributed by atoms with E-state index in [1.54, 1.807) is 0 Å². The second-order valence-corrected chi connectivity index (χ2v) is 7.45. The zero-order valence-corrected chi connectivity index (χ0v) is 15.4. The van der Waals surface area contributed by atoms with E-state index in [0.717, 1.165) is 0 Å². The van der Waals surface area contributed by atoms with Gasteiger partial charge in [-0.05, 0) is 43.2 Å². The van der Waals surface area contributed by atoms with E-state index in [1.807, 2.05) is 0 Å². The van der Waals surface area contributed by atoms with Crippen molar-refractivity contribution < 1.29 is 41.3 Å². The van der Waals surface area contributed by atoms with Gasteiger partial charge in [-0.3, -0.25) is 4.98 Å². The van der Waals surface area contributed by atoms with Crippen molar-refractivity contribution in [3.05, 3.63) is 24.0 Å². The molecule has 1 aromatic heterocycles. The summed E-state index contributed by atoms with van der Waals surface area (Å²) in [5.41, 5.74) is -0.381. The molecule has 1 spiro atoms. The van der Waals surface area contributed by atoms with E-state index < -0.39 is 31.4 Å². The fourth-order valence-corrected chi connectivity index (χ4v) is 3.75. The number of hydrogen-bond donors (Lipinski definition) is 1. The minimum absolute atomic E-state index is 0.0573. The van der Waals surface area contributed by atoms with Crippen LogP contribution < -0.4 is 4.74 Å². The van der Waals surface area contributed by atoms with Gasteiger partial charge in [0.25, 0.3) is 6.43 Å². The molecule has 1 saturated heterocycles. The summed E-state index contributed by atoms with van der Waals surface area (Å²) >= 11 is 0. The van der Waals surface area contributed by atoms with Gasteiger partial charge in [0.05, 0.1) is 18.9 Å². The van der Waals surface area contributed by atoms with Crippen LogP contribution in [0.4, 0.5) is 26.7 Å². The van der Waals surface area contributed by atoms with Crippen LogP contribution in [0.15, 0.2) is 18.3 Å². The van der Waals surface area contributed by atoms with Gasteiger partial charge in [0, 0.05) is 13.1 Å². The van der Waals surface area contributed by atoms with Crippen LogP contribution in [-0.4, -0.2) is 59.2 Å². The van der Waals surface area contributed by atoms with Crippen LogP contribution in [0.3, 0.4) is 0 Å². The van der Waals surface area contributed by atoms with Gasteiger partial charge in [-0.1, -0.05) is 0 Å². The van der Waals surface area contributed by atoms with Gasteiger partial charge < -0.3 is 19.5 Å². The summed E-state index contributed by atoms with van der Waals surface area (Å²) in [6, 6.07) is 2.65. The number of piperidine rings is 1. The summed E-state index contributed by atoms with van der Waals surface area (Å²) < 4.78 is 72.9. The lowest BCUT2D eigenvalue weighted by Gasteiger charge is -2.51. The molecule has 162 valence electrons. The van der Waals surface area contributed by atoms with Crippen molar-refractivity contribution in [1.82, 2.24) is 9.88 Å². The minimum atomic E-state index is -4.82. The van der Waals surface area contributed by atoms with Crippen molar-refractivity contribution >= 4 is 6.09 Å². The normalized spacial score (nSPS) is 20.4. The molecule has 1 saturated carbocycles. The Balaban J connectivity index is 1.44. The molecule has 0 aromatic carbocycles. The van der Waals surface area contributed by atoms with Crippen LogP contribution in [0, 0.1) is 5.41 Å². The summed E-state index contributed by atoms with van der Waals surface area (Å²) in [6.45, 7) is -0.808. The first kappa shape index (κ1) is 21.5. The van der Waals surface area contributed by atoms with E-state index in [2.05, 4.69) is 9.72 Å². The van der Waals surface area contributed by atoms with E-state index in [0.29, 0.717) is 31.4 Å². The highest BCUT2D eigenvalue weighted by molar-refractivity contribution is 5.68. The molecular weight excluding hydrogens is 403 g/mol. The number of pyridine rings is 1. The molecule has 0 unspecified atom stereocenters. The molecule has 0 radical (unpaired) electrons. The van der Waals surface area contributed by atoms with Crippen LogP contribution in [0.5, 0.6) is 5.75 Å². The number of ether oxygens (including phenoxy) is 2. The number of alkyl halides is 5. The summed E-state index contributed by atoms with van der Waals surface area (Å²) in [4.78, 5) is 16.8. The number of amides is 1. The SMILES string of the molecule is O=C(O[C@H](CO)C(F)(F)F)N1CCC2(CC1)CC(Oc1ccc(C(F)F)nc1)C2. The topological polar surface area (TPSA) is 71.9 Å². The van der Waals surface area contributed by atoms with Crippen molar-refractivity contribution in [3.63, 3.8) is 0 Å². The number of rotatable bonds is 5. The molecule has 1 amide bonds. The minimum Gasteiger partial charge on any atom is -0.489 e. The number of aliphatic hydroxyl groups is 1.